The Hall–Kier alpha value is -0.610. The SMILES string of the molecule is CC[C@@H]1C2C[C@H](O)CCC2(C)[C@H]2CCC3(C)C([C@H](C)CCC(=O)O)CC[C@H]3C2[C@@H]1O. The van der Waals surface area contributed by atoms with Crippen LogP contribution in [0.4, 0.5) is 0 Å². The minimum atomic E-state index is -0.683. The van der Waals surface area contributed by atoms with E-state index in [0.29, 0.717) is 41.4 Å². The Morgan fingerprint density at radius 3 is 2.33 bits per heavy atom. The first-order valence-electron chi connectivity index (χ1n) is 12.7. The molecule has 30 heavy (non-hydrogen) atoms. The summed E-state index contributed by atoms with van der Waals surface area (Å²) in [4.78, 5) is 11.1. The van der Waals surface area contributed by atoms with E-state index >= 15 is 0 Å². The van der Waals surface area contributed by atoms with Crippen LogP contribution in [0.1, 0.15) is 91.9 Å². The maximum Gasteiger partial charge on any atom is 0.303 e. The number of fused-ring (bicyclic) bond motifs is 5. The van der Waals surface area contributed by atoms with Gasteiger partial charge in [0, 0.05) is 6.42 Å². The molecule has 5 unspecified atom stereocenters. The Bertz CT molecular complexity index is 649. The van der Waals surface area contributed by atoms with Crippen molar-refractivity contribution in [2.45, 2.75) is 104 Å². The molecule has 4 aliphatic rings. The van der Waals surface area contributed by atoms with Crippen molar-refractivity contribution in [3.05, 3.63) is 0 Å². The van der Waals surface area contributed by atoms with Crippen LogP contribution in [0.3, 0.4) is 0 Å². The monoisotopic (exact) mass is 420 g/mol. The molecule has 3 N–H and O–H groups in total. The number of aliphatic hydroxyl groups is 2. The van der Waals surface area contributed by atoms with Crippen LogP contribution in [0.15, 0.2) is 0 Å². The van der Waals surface area contributed by atoms with Crippen molar-refractivity contribution in [3.8, 4) is 0 Å². The molecule has 11 atom stereocenters. The second kappa shape index (κ2) is 8.06. The van der Waals surface area contributed by atoms with E-state index < -0.39 is 5.97 Å². The molecular formula is C26H44O4. The van der Waals surface area contributed by atoms with Gasteiger partial charge < -0.3 is 15.3 Å². The Balaban J connectivity index is 1.61. The predicted molar refractivity (Wildman–Crippen MR) is 118 cm³/mol. The summed E-state index contributed by atoms with van der Waals surface area (Å²) in [6.45, 7) is 9.44. The molecule has 0 heterocycles. The van der Waals surface area contributed by atoms with Gasteiger partial charge in [-0.25, -0.2) is 0 Å². The number of carboxylic acids is 1. The molecule has 0 bridgehead atoms. The van der Waals surface area contributed by atoms with Crippen molar-refractivity contribution in [1.29, 1.82) is 0 Å². The first kappa shape index (κ1) is 22.6. The Kier molecular flexibility index (Phi) is 6.07. The highest BCUT2D eigenvalue weighted by Crippen LogP contribution is 2.69. The number of carbonyl (C=O) groups is 1. The molecule has 0 aliphatic heterocycles. The summed E-state index contributed by atoms with van der Waals surface area (Å²) in [5.74, 6) is 2.58. The molecule has 4 rings (SSSR count). The van der Waals surface area contributed by atoms with Gasteiger partial charge in [0.2, 0.25) is 0 Å². The van der Waals surface area contributed by atoms with Crippen molar-refractivity contribution >= 4 is 5.97 Å². The predicted octanol–water partition coefficient (Wildman–Crippen LogP) is 5.11. The number of hydrogen-bond acceptors (Lipinski definition) is 3. The lowest BCUT2D eigenvalue weighted by atomic mass is 9.41. The maximum absolute atomic E-state index is 11.7. The highest BCUT2D eigenvalue weighted by molar-refractivity contribution is 5.66. The topological polar surface area (TPSA) is 77.8 Å². The van der Waals surface area contributed by atoms with E-state index in [1.54, 1.807) is 0 Å². The molecule has 4 fully saturated rings. The van der Waals surface area contributed by atoms with Crippen LogP contribution in [-0.2, 0) is 4.79 Å². The van der Waals surface area contributed by atoms with E-state index in [0.717, 1.165) is 32.1 Å². The van der Waals surface area contributed by atoms with Gasteiger partial charge in [-0.15, -0.1) is 0 Å². The summed E-state index contributed by atoms with van der Waals surface area (Å²) in [5, 5.41) is 31.3. The van der Waals surface area contributed by atoms with Gasteiger partial charge in [0.05, 0.1) is 12.2 Å². The standard InChI is InChI=1S/C26H44O4/c1-5-17-21-14-16(27)10-12-26(21,4)20-11-13-25(3)18(15(2)6-9-22(28)29)7-8-19(25)23(20)24(17)30/h15-21,23-24,27,30H,5-14H2,1-4H3,(H,28,29)/t15-,16-,17-,18?,19+,20+,21?,23?,24-,25?,26?/m1/s1. The second-order valence-corrected chi connectivity index (χ2v) is 12.0. The molecule has 0 aromatic rings. The van der Waals surface area contributed by atoms with Crippen LogP contribution in [0, 0.1) is 52.3 Å². The van der Waals surface area contributed by atoms with Crippen molar-refractivity contribution in [2.24, 2.45) is 52.3 Å². The molecule has 0 radical (unpaired) electrons. The van der Waals surface area contributed by atoms with Crippen LogP contribution in [0.2, 0.25) is 0 Å². The fourth-order valence-corrected chi connectivity index (χ4v) is 9.48. The zero-order valence-electron chi connectivity index (χ0n) is 19.5. The van der Waals surface area contributed by atoms with Gasteiger partial charge in [0.15, 0.2) is 0 Å². The number of carboxylic acid groups (broad SMARTS) is 1. The molecule has 172 valence electrons. The zero-order chi connectivity index (χ0) is 21.8. The van der Waals surface area contributed by atoms with Gasteiger partial charge in [0.25, 0.3) is 0 Å². The normalized spacial score (nSPS) is 51.5. The van der Waals surface area contributed by atoms with Crippen LogP contribution in [-0.4, -0.2) is 33.5 Å². The Labute approximate surface area is 182 Å². The Morgan fingerprint density at radius 2 is 1.67 bits per heavy atom. The quantitative estimate of drug-likeness (QED) is 0.577. The summed E-state index contributed by atoms with van der Waals surface area (Å²) in [7, 11) is 0. The van der Waals surface area contributed by atoms with Gasteiger partial charge in [-0.2, -0.15) is 0 Å². The van der Waals surface area contributed by atoms with Crippen LogP contribution >= 0.6 is 0 Å². The lowest BCUT2D eigenvalue weighted by Crippen LogP contribution is -2.62. The number of aliphatic carboxylic acids is 1. The summed E-state index contributed by atoms with van der Waals surface area (Å²) < 4.78 is 0. The lowest BCUT2D eigenvalue weighted by molar-refractivity contribution is -0.203. The summed E-state index contributed by atoms with van der Waals surface area (Å²) in [5.41, 5.74) is 0.480. The van der Waals surface area contributed by atoms with Gasteiger partial charge in [0.1, 0.15) is 0 Å². The third-order valence-corrected chi connectivity index (χ3v) is 11.0. The zero-order valence-corrected chi connectivity index (χ0v) is 19.5. The molecule has 0 amide bonds. The van der Waals surface area contributed by atoms with Gasteiger partial charge in [-0.3, -0.25) is 4.79 Å². The van der Waals surface area contributed by atoms with E-state index in [2.05, 4.69) is 27.7 Å². The average Bonchev–Trinajstić information content (AvgIpc) is 3.05. The maximum atomic E-state index is 11.7. The van der Waals surface area contributed by atoms with Crippen molar-refractivity contribution in [3.63, 3.8) is 0 Å². The number of hydrogen-bond donors (Lipinski definition) is 3. The van der Waals surface area contributed by atoms with E-state index in [9.17, 15) is 15.0 Å². The molecule has 4 heteroatoms. The van der Waals surface area contributed by atoms with Crippen LogP contribution < -0.4 is 0 Å². The first-order valence-corrected chi connectivity index (χ1v) is 12.7. The average molecular weight is 421 g/mol. The Morgan fingerprint density at radius 1 is 1.00 bits per heavy atom. The van der Waals surface area contributed by atoms with E-state index in [4.69, 9.17) is 5.11 Å². The molecule has 0 saturated heterocycles. The molecular weight excluding hydrogens is 376 g/mol. The fourth-order valence-electron chi connectivity index (χ4n) is 9.48. The van der Waals surface area contributed by atoms with Gasteiger partial charge in [-0.05, 0) is 104 Å². The molecule has 4 nitrogen and oxygen atoms in total. The highest BCUT2D eigenvalue weighted by Gasteiger charge is 2.64. The van der Waals surface area contributed by atoms with Crippen molar-refractivity contribution in [2.75, 3.05) is 0 Å². The number of aliphatic hydroxyl groups excluding tert-OH is 2. The second-order valence-electron chi connectivity index (χ2n) is 12.0. The fraction of sp³-hybridized carbons (Fsp3) is 0.962. The minimum Gasteiger partial charge on any atom is -0.481 e. The molecule has 0 aromatic carbocycles. The third kappa shape index (κ3) is 3.36. The highest BCUT2D eigenvalue weighted by atomic mass is 16.4. The third-order valence-electron chi connectivity index (χ3n) is 11.0. The first-order chi connectivity index (χ1) is 14.1. The summed E-state index contributed by atoms with van der Waals surface area (Å²) >= 11 is 0. The summed E-state index contributed by atoms with van der Waals surface area (Å²) in [6.07, 6.45) is 9.27. The van der Waals surface area contributed by atoms with Crippen molar-refractivity contribution < 1.29 is 20.1 Å². The van der Waals surface area contributed by atoms with E-state index in [1.807, 2.05) is 0 Å². The molecule has 4 aliphatic carbocycles. The van der Waals surface area contributed by atoms with Crippen LogP contribution in [0.25, 0.3) is 0 Å². The van der Waals surface area contributed by atoms with E-state index in [-0.39, 0.29) is 29.5 Å². The smallest absolute Gasteiger partial charge is 0.303 e. The lowest BCUT2D eigenvalue weighted by Gasteiger charge is -2.64. The van der Waals surface area contributed by atoms with Gasteiger partial charge >= 0.3 is 5.97 Å². The van der Waals surface area contributed by atoms with E-state index in [1.165, 1.54) is 25.7 Å². The molecule has 0 aromatic heterocycles. The van der Waals surface area contributed by atoms with Crippen LogP contribution in [0.5, 0.6) is 0 Å². The van der Waals surface area contributed by atoms with Gasteiger partial charge in [-0.1, -0.05) is 34.1 Å². The van der Waals surface area contributed by atoms with Crippen molar-refractivity contribution in [1.82, 2.24) is 0 Å². The minimum absolute atomic E-state index is 0.194. The largest absolute Gasteiger partial charge is 0.481 e. The molecule has 0 spiro atoms. The summed E-state index contributed by atoms with van der Waals surface area (Å²) in [6, 6.07) is 0. The number of rotatable bonds is 5. The molecule has 4 saturated carbocycles.